The average Bonchev–Trinajstić information content (AvgIpc) is 2.71. The highest BCUT2D eigenvalue weighted by Crippen LogP contribution is 2.31. The van der Waals surface area contributed by atoms with E-state index in [1.807, 2.05) is 17.9 Å². The summed E-state index contributed by atoms with van der Waals surface area (Å²) in [6.45, 7) is 1.19. The summed E-state index contributed by atoms with van der Waals surface area (Å²) in [7, 11) is 3.30. The van der Waals surface area contributed by atoms with E-state index in [9.17, 15) is 4.79 Å². The number of aryl methyl sites for hydroxylation is 1. The van der Waals surface area contributed by atoms with Gasteiger partial charge in [0.15, 0.2) is 0 Å². The molecule has 6 nitrogen and oxygen atoms in total. The smallest absolute Gasteiger partial charge is 0.410 e. The lowest BCUT2D eigenvalue weighted by molar-refractivity contribution is 0.0968. The third-order valence-corrected chi connectivity index (χ3v) is 3.23. The van der Waals surface area contributed by atoms with E-state index in [2.05, 4.69) is 5.10 Å². The summed E-state index contributed by atoms with van der Waals surface area (Å²) in [4.78, 5) is 13.5. The highest BCUT2D eigenvalue weighted by Gasteiger charge is 2.33. The van der Waals surface area contributed by atoms with Crippen molar-refractivity contribution in [2.75, 3.05) is 20.2 Å². The van der Waals surface area contributed by atoms with Gasteiger partial charge in [-0.05, 0) is 24.9 Å². The van der Waals surface area contributed by atoms with Crippen LogP contribution in [0.15, 0.2) is 6.20 Å². The average molecular weight is 238 g/mol. The summed E-state index contributed by atoms with van der Waals surface area (Å²) in [6.07, 6.45) is 3.12. The molecule has 0 radical (unpaired) electrons. The van der Waals surface area contributed by atoms with Crippen molar-refractivity contribution in [1.29, 1.82) is 0 Å². The molecule has 1 unspecified atom stereocenters. The van der Waals surface area contributed by atoms with Gasteiger partial charge in [0.25, 0.3) is 0 Å². The molecule has 2 rings (SSSR count). The van der Waals surface area contributed by atoms with Crippen molar-refractivity contribution in [1.82, 2.24) is 14.7 Å². The highest BCUT2D eigenvalue weighted by atomic mass is 16.5. The Hall–Kier alpha value is -1.56. The highest BCUT2D eigenvalue weighted by molar-refractivity contribution is 5.68. The molecule has 1 aromatic heterocycles. The van der Waals surface area contributed by atoms with E-state index in [4.69, 9.17) is 10.5 Å². The first kappa shape index (κ1) is 11.9. The molecule has 1 aliphatic rings. The molecule has 1 amide bonds. The maximum atomic E-state index is 11.7. The quantitative estimate of drug-likeness (QED) is 0.811. The minimum absolute atomic E-state index is 0.0244. The van der Waals surface area contributed by atoms with E-state index in [1.165, 1.54) is 12.7 Å². The van der Waals surface area contributed by atoms with Crippen LogP contribution in [-0.4, -0.2) is 41.0 Å². The molecule has 17 heavy (non-hydrogen) atoms. The number of ether oxygens (including phenoxy) is 1. The number of fused-ring (bicyclic) bond motifs is 1. The predicted octanol–water partition coefficient (Wildman–Crippen LogP) is 0.434. The lowest BCUT2D eigenvalue weighted by atomic mass is 9.98. The van der Waals surface area contributed by atoms with Crippen molar-refractivity contribution >= 4 is 6.09 Å². The molecular weight excluding hydrogens is 220 g/mol. The normalized spacial score (nSPS) is 19.0. The number of hydrogen-bond acceptors (Lipinski definition) is 4. The molecule has 1 aromatic rings. The molecule has 0 aromatic carbocycles. The fourth-order valence-corrected chi connectivity index (χ4v) is 2.45. The van der Waals surface area contributed by atoms with Gasteiger partial charge in [-0.2, -0.15) is 5.10 Å². The number of carbonyl (C=O) groups is 1. The van der Waals surface area contributed by atoms with Crippen molar-refractivity contribution in [3.05, 3.63) is 17.5 Å². The molecule has 2 N–H and O–H groups in total. The second kappa shape index (κ2) is 4.75. The van der Waals surface area contributed by atoms with E-state index < -0.39 is 0 Å². The minimum Gasteiger partial charge on any atom is -0.453 e. The van der Waals surface area contributed by atoms with E-state index in [-0.39, 0.29) is 12.1 Å². The van der Waals surface area contributed by atoms with Gasteiger partial charge in [-0.25, -0.2) is 4.79 Å². The molecule has 94 valence electrons. The first-order chi connectivity index (χ1) is 8.19. The fraction of sp³-hybridized carbons (Fsp3) is 0.636. The van der Waals surface area contributed by atoms with Crippen molar-refractivity contribution < 1.29 is 9.53 Å². The van der Waals surface area contributed by atoms with Gasteiger partial charge in [-0.3, -0.25) is 9.58 Å². The third-order valence-electron chi connectivity index (χ3n) is 3.23. The van der Waals surface area contributed by atoms with Crippen LogP contribution in [0.4, 0.5) is 4.79 Å². The first-order valence-corrected chi connectivity index (χ1v) is 5.74. The van der Waals surface area contributed by atoms with Gasteiger partial charge in [0.05, 0.1) is 25.0 Å². The van der Waals surface area contributed by atoms with Crippen LogP contribution < -0.4 is 5.73 Å². The first-order valence-electron chi connectivity index (χ1n) is 5.74. The number of methoxy groups -OCH3 is 1. The summed E-state index contributed by atoms with van der Waals surface area (Å²) in [5.74, 6) is 0. The number of nitrogens with zero attached hydrogens (tertiary/aromatic N) is 3. The fourth-order valence-electron chi connectivity index (χ4n) is 2.45. The van der Waals surface area contributed by atoms with Crippen LogP contribution in [0.3, 0.4) is 0 Å². The molecular formula is C11H18N4O2. The number of aromatic nitrogens is 2. The van der Waals surface area contributed by atoms with Crippen LogP contribution in [0.5, 0.6) is 0 Å². The summed E-state index contributed by atoms with van der Waals surface area (Å²) in [5, 5.41) is 4.25. The van der Waals surface area contributed by atoms with E-state index in [0.717, 1.165) is 18.5 Å². The number of carbonyl (C=O) groups excluding carboxylic acids is 1. The van der Waals surface area contributed by atoms with Gasteiger partial charge < -0.3 is 10.5 Å². The largest absolute Gasteiger partial charge is 0.453 e. The summed E-state index contributed by atoms with van der Waals surface area (Å²) < 4.78 is 6.64. The Labute approximate surface area is 100 Å². The summed E-state index contributed by atoms with van der Waals surface area (Å²) in [6, 6.07) is -0.0244. The Morgan fingerprint density at radius 3 is 3.12 bits per heavy atom. The topological polar surface area (TPSA) is 73.4 Å². The van der Waals surface area contributed by atoms with E-state index >= 15 is 0 Å². The number of hydrogen-bond donors (Lipinski definition) is 1. The lowest BCUT2D eigenvalue weighted by Crippen LogP contribution is -2.41. The molecule has 1 aliphatic heterocycles. The molecule has 6 heteroatoms. The van der Waals surface area contributed by atoms with Crippen LogP contribution in [0.2, 0.25) is 0 Å². The molecule has 0 aliphatic carbocycles. The van der Waals surface area contributed by atoms with Crippen LogP contribution >= 0.6 is 0 Å². The molecule has 0 saturated carbocycles. The SMILES string of the molecule is COC(=O)N1CCc2cnn(C)c2C1CCN. The predicted molar refractivity (Wildman–Crippen MR) is 62.4 cm³/mol. The zero-order valence-corrected chi connectivity index (χ0v) is 10.2. The second-order valence-corrected chi connectivity index (χ2v) is 4.19. The Bertz CT molecular complexity index is 416. The van der Waals surface area contributed by atoms with Crippen molar-refractivity contribution in [3.63, 3.8) is 0 Å². The lowest BCUT2D eigenvalue weighted by Gasteiger charge is -2.34. The minimum atomic E-state index is -0.296. The van der Waals surface area contributed by atoms with Crippen LogP contribution in [0.1, 0.15) is 23.7 Å². The molecule has 0 bridgehead atoms. The van der Waals surface area contributed by atoms with Crippen molar-refractivity contribution in [2.24, 2.45) is 12.8 Å². The monoisotopic (exact) mass is 238 g/mol. The Morgan fingerprint density at radius 1 is 1.71 bits per heavy atom. The van der Waals surface area contributed by atoms with Crippen molar-refractivity contribution in [2.45, 2.75) is 18.9 Å². The van der Waals surface area contributed by atoms with Gasteiger partial charge in [0.2, 0.25) is 0 Å². The standard InChI is InChI=1S/C11H18N4O2/c1-14-10-8(7-13-14)4-6-15(11(16)17-2)9(10)3-5-12/h7,9H,3-6,12H2,1-2H3. The maximum Gasteiger partial charge on any atom is 0.410 e. The van der Waals surface area contributed by atoms with Crippen LogP contribution in [0.25, 0.3) is 0 Å². The van der Waals surface area contributed by atoms with Gasteiger partial charge in [0, 0.05) is 13.6 Å². The zero-order valence-electron chi connectivity index (χ0n) is 10.2. The molecule has 0 spiro atoms. The third kappa shape index (κ3) is 2.00. The Morgan fingerprint density at radius 2 is 2.47 bits per heavy atom. The van der Waals surface area contributed by atoms with Gasteiger partial charge >= 0.3 is 6.09 Å². The zero-order chi connectivity index (χ0) is 12.4. The van der Waals surface area contributed by atoms with Gasteiger partial charge in [-0.15, -0.1) is 0 Å². The number of amides is 1. The second-order valence-electron chi connectivity index (χ2n) is 4.19. The van der Waals surface area contributed by atoms with Gasteiger partial charge in [-0.1, -0.05) is 0 Å². The molecule has 1 atom stereocenters. The number of rotatable bonds is 2. The summed E-state index contributed by atoms with van der Waals surface area (Å²) in [5.41, 5.74) is 7.91. The molecule has 0 fully saturated rings. The summed E-state index contributed by atoms with van der Waals surface area (Å²) >= 11 is 0. The molecule has 2 heterocycles. The van der Waals surface area contributed by atoms with E-state index in [1.54, 1.807) is 4.90 Å². The Balaban J connectivity index is 2.34. The van der Waals surface area contributed by atoms with E-state index in [0.29, 0.717) is 13.1 Å². The van der Waals surface area contributed by atoms with Gasteiger partial charge in [0.1, 0.15) is 0 Å². The van der Waals surface area contributed by atoms with Crippen molar-refractivity contribution in [3.8, 4) is 0 Å². The maximum absolute atomic E-state index is 11.7. The van der Waals surface area contributed by atoms with Crippen LogP contribution in [0, 0.1) is 0 Å². The molecule has 0 saturated heterocycles. The number of nitrogens with two attached hydrogens (primary N) is 1. The Kier molecular flexibility index (Phi) is 3.33. The van der Waals surface area contributed by atoms with Crippen LogP contribution in [-0.2, 0) is 18.2 Å².